The van der Waals surface area contributed by atoms with Crippen molar-refractivity contribution in [1.29, 1.82) is 0 Å². The van der Waals surface area contributed by atoms with Gasteiger partial charge in [-0.15, -0.1) is 0 Å². The summed E-state index contributed by atoms with van der Waals surface area (Å²) in [4.78, 5) is 27.9. The molecule has 2 amide bonds. The van der Waals surface area contributed by atoms with Crippen LogP contribution in [0.25, 0.3) is 0 Å². The van der Waals surface area contributed by atoms with E-state index in [2.05, 4.69) is 0 Å². The number of morpholine rings is 1. The van der Waals surface area contributed by atoms with Crippen molar-refractivity contribution in [2.24, 2.45) is 0 Å². The largest absolute Gasteiger partial charge is 0.478 e. The number of carboxylic acid groups (broad SMARTS) is 1. The molecule has 1 aliphatic heterocycles. The van der Waals surface area contributed by atoms with Crippen molar-refractivity contribution in [3.8, 4) is 0 Å². The van der Waals surface area contributed by atoms with Gasteiger partial charge >= 0.3 is 12.0 Å². The Balaban J connectivity index is 1.85. The van der Waals surface area contributed by atoms with Gasteiger partial charge in [0.15, 0.2) is 0 Å². The molecule has 27 heavy (non-hydrogen) atoms. The standard InChI is InChI=1S/C21H24N2O4/c1-15-12-22(13-16(2)27-15)21(26)23(19-6-4-3-5-7-19)14-17-8-10-18(11-9-17)20(24)25/h3-11,15-16H,12-14H2,1-2H3,(H,24,25)/t15-,16+. The summed E-state index contributed by atoms with van der Waals surface area (Å²) in [5.74, 6) is -0.964. The molecule has 1 heterocycles. The third-order valence-electron chi connectivity index (χ3n) is 4.53. The van der Waals surface area contributed by atoms with Crippen LogP contribution in [-0.2, 0) is 11.3 Å². The van der Waals surface area contributed by atoms with Crippen molar-refractivity contribution < 1.29 is 19.4 Å². The summed E-state index contributed by atoms with van der Waals surface area (Å²) in [5.41, 5.74) is 1.90. The van der Waals surface area contributed by atoms with Crippen molar-refractivity contribution in [1.82, 2.24) is 4.90 Å². The Hall–Kier alpha value is -2.86. The number of ether oxygens (including phenoxy) is 1. The lowest BCUT2D eigenvalue weighted by Crippen LogP contribution is -2.52. The fourth-order valence-electron chi connectivity index (χ4n) is 3.32. The van der Waals surface area contributed by atoms with Crippen LogP contribution in [0, 0.1) is 0 Å². The third-order valence-corrected chi connectivity index (χ3v) is 4.53. The van der Waals surface area contributed by atoms with Crippen molar-refractivity contribution in [3.05, 3.63) is 65.7 Å². The molecule has 2 atom stereocenters. The second kappa shape index (κ2) is 8.22. The van der Waals surface area contributed by atoms with E-state index in [1.807, 2.05) is 49.1 Å². The number of hydrogen-bond acceptors (Lipinski definition) is 3. The molecule has 0 aliphatic carbocycles. The number of benzene rings is 2. The maximum Gasteiger partial charge on any atom is 0.335 e. The number of carboxylic acids is 1. The quantitative estimate of drug-likeness (QED) is 0.895. The Kier molecular flexibility index (Phi) is 5.76. The molecule has 0 unspecified atom stereocenters. The van der Waals surface area contributed by atoms with Gasteiger partial charge in [0.25, 0.3) is 0 Å². The van der Waals surface area contributed by atoms with E-state index >= 15 is 0 Å². The predicted molar refractivity (Wildman–Crippen MR) is 103 cm³/mol. The molecule has 0 aromatic heterocycles. The van der Waals surface area contributed by atoms with Gasteiger partial charge in [0, 0.05) is 18.8 Å². The lowest BCUT2D eigenvalue weighted by Gasteiger charge is -2.38. The summed E-state index contributed by atoms with van der Waals surface area (Å²) in [6.07, 6.45) is -0.0182. The van der Waals surface area contributed by atoms with Crippen LogP contribution in [-0.4, -0.2) is 47.3 Å². The van der Waals surface area contributed by atoms with Gasteiger partial charge in [-0.2, -0.15) is 0 Å². The smallest absolute Gasteiger partial charge is 0.335 e. The average molecular weight is 368 g/mol. The number of carbonyl (C=O) groups is 2. The maximum atomic E-state index is 13.3. The molecule has 0 bridgehead atoms. The zero-order valence-corrected chi connectivity index (χ0v) is 15.5. The summed E-state index contributed by atoms with van der Waals surface area (Å²) in [6, 6.07) is 16.0. The summed E-state index contributed by atoms with van der Waals surface area (Å²) in [6.45, 7) is 5.39. The van der Waals surface area contributed by atoms with Gasteiger partial charge in [-0.05, 0) is 43.7 Å². The Morgan fingerprint density at radius 1 is 1.04 bits per heavy atom. The Morgan fingerprint density at radius 2 is 1.63 bits per heavy atom. The highest BCUT2D eigenvalue weighted by Crippen LogP contribution is 2.21. The summed E-state index contributed by atoms with van der Waals surface area (Å²) in [5, 5.41) is 9.06. The molecular weight excluding hydrogens is 344 g/mol. The van der Waals surface area contributed by atoms with Crippen LogP contribution in [0.15, 0.2) is 54.6 Å². The van der Waals surface area contributed by atoms with E-state index in [0.29, 0.717) is 19.6 Å². The molecule has 142 valence electrons. The fourth-order valence-corrected chi connectivity index (χ4v) is 3.32. The molecule has 6 heteroatoms. The summed E-state index contributed by atoms with van der Waals surface area (Å²) in [7, 11) is 0. The van der Waals surface area contributed by atoms with E-state index in [1.165, 1.54) is 0 Å². The van der Waals surface area contributed by atoms with E-state index in [9.17, 15) is 9.59 Å². The van der Waals surface area contributed by atoms with Crippen LogP contribution in [0.2, 0.25) is 0 Å². The molecule has 1 saturated heterocycles. The van der Waals surface area contributed by atoms with Crippen LogP contribution in [0.1, 0.15) is 29.8 Å². The van der Waals surface area contributed by atoms with Crippen LogP contribution in [0.4, 0.5) is 10.5 Å². The first-order valence-electron chi connectivity index (χ1n) is 9.03. The van der Waals surface area contributed by atoms with Gasteiger partial charge in [-0.3, -0.25) is 4.90 Å². The highest BCUT2D eigenvalue weighted by molar-refractivity contribution is 5.92. The number of nitrogens with zero attached hydrogens (tertiary/aromatic N) is 2. The fraction of sp³-hybridized carbons (Fsp3) is 0.333. The minimum atomic E-state index is -0.964. The lowest BCUT2D eigenvalue weighted by atomic mass is 10.1. The number of urea groups is 1. The van der Waals surface area contributed by atoms with Gasteiger partial charge in [0.1, 0.15) is 0 Å². The Labute approximate surface area is 159 Å². The average Bonchev–Trinajstić information content (AvgIpc) is 2.66. The zero-order valence-electron chi connectivity index (χ0n) is 15.5. The van der Waals surface area contributed by atoms with E-state index in [0.717, 1.165) is 11.3 Å². The van der Waals surface area contributed by atoms with Crippen molar-refractivity contribution in [2.45, 2.75) is 32.6 Å². The normalized spacial score (nSPS) is 19.6. The molecule has 0 spiro atoms. The highest BCUT2D eigenvalue weighted by atomic mass is 16.5. The third kappa shape index (κ3) is 4.65. The van der Waals surface area contributed by atoms with E-state index < -0.39 is 5.97 Å². The monoisotopic (exact) mass is 368 g/mol. The van der Waals surface area contributed by atoms with Crippen molar-refractivity contribution in [3.63, 3.8) is 0 Å². The Morgan fingerprint density at radius 3 is 2.19 bits per heavy atom. The topological polar surface area (TPSA) is 70.1 Å². The number of rotatable bonds is 4. The second-order valence-corrected chi connectivity index (χ2v) is 6.87. The molecule has 1 aliphatic rings. The number of anilines is 1. The first kappa shape index (κ1) is 18.9. The first-order chi connectivity index (χ1) is 12.9. The second-order valence-electron chi connectivity index (χ2n) is 6.87. The molecule has 3 rings (SSSR count). The molecule has 0 saturated carbocycles. The first-order valence-corrected chi connectivity index (χ1v) is 9.03. The number of amides is 2. The molecule has 2 aromatic carbocycles. The Bertz CT molecular complexity index is 782. The van der Waals surface area contributed by atoms with Gasteiger partial charge in [-0.25, -0.2) is 9.59 Å². The zero-order chi connectivity index (χ0) is 19.4. The minimum Gasteiger partial charge on any atom is -0.478 e. The van der Waals surface area contributed by atoms with Gasteiger partial charge < -0.3 is 14.7 Å². The van der Waals surface area contributed by atoms with Gasteiger partial charge in [0.2, 0.25) is 0 Å². The molecule has 2 aromatic rings. The molecule has 0 radical (unpaired) electrons. The highest BCUT2D eigenvalue weighted by Gasteiger charge is 2.29. The maximum absolute atomic E-state index is 13.3. The van der Waals surface area contributed by atoms with Crippen molar-refractivity contribution in [2.75, 3.05) is 18.0 Å². The molecule has 6 nitrogen and oxygen atoms in total. The van der Waals surface area contributed by atoms with Gasteiger partial charge in [-0.1, -0.05) is 30.3 Å². The van der Waals surface area contributed by atoms with Crippen LogP contribution >= 0.6 is 0 Å². The predicted octanol–water partition coefficient (Wildman–Crippen LogP) is 3.62. The molecule has 1 fully saturated rings. The number of para-hydroxylation sites is 1. The molecular formula is C21H24N2O4. The van der Waals surface area contributed by atoms with E-state index in [1.54, 1.807) is 29.2 Å². The van der Waals surface area contributed by atoms with Gasteiger partial charge in [0.05, 0.1) is 24.3 Å². The van der Waals surface area contributed by atoms with Crippen molar-refractivity contribution >= 4 is 17.7 Å². The summed E-state index contributed by atoms with van der Waals surface area (Å²) >= 11 is 0. The number of hydrogen-bond donors (Lipinski definition) is 1. The van der Waals surface area contributed by atoms with E-state index in [-0.39, 0.29) is 23.8 Å². The SMILES string of the molecule is C[C@@H]1CN(C(=O)N(Cc2ccc(C(=O)O)cc2)c2ccccc2)C[C@H](C)O1. The van der Waals surface area contributed by atoms with E-state index in [4.69, 9.17) is 9.84 Å². The summed E-state index contributed by atoms with van der Waals surface area (Å²) < 4.78 is 5.74. The number of carbonyl (C=O) groups excluding carboxylic acids is 1. The van der Waals surface area contributed by atoms with Crippen LogP contribution < -0.4 is 4.90 Å². The van der Waals surface area contributed by atoms with Crippen LogP contribution in [0.3, 0.4) is 0 Å². The minimum absolute atomic E-state index is 0.00910. The number of aromatic carboxylic acids is 1. The molecule has 1 N–H and O–H groups in total. The van der Waals surface area contributed by atoms with Crippen LogP contribution in [0.5, 0.6) is 0 Å². The lowest BCUT2D eigenvalue weighted by molar-refractivity contribution is -0.0537.